The van der Waals surface area contributed by atoms with E-state index >= 15 is 0 Å². The molecule has 2 aromatic heterocycles. The van der Waals surface area contributed by atoms with Crippen molar-refractivity contribution in [1.29, 1.82) is 0 Å². The summed E-state index contributed by atoms with van der Waals surface area (Å²) in [5.41, 5.74) is 5.79. The normalized spacial score (nSPS) is 15.4. The van der Waals surface area contributed by atoms with E-state index in [-0.39, 0.29) is 41.2 Å². The van der Waals surface area contributed by atoms with Crippen LogP contribution in [-0.4, -0.2) is 52.5 Å². The number of nitrogens with one attached hydrogen (secondary N) is 3. The van der Waals surface area contributed by atoms with Crippen LogP contribution in [0.5, 0.6) is 5.88 Å². The number of rotatable bonds is 9. The van der Waals surface area contributed by atoms with Crippen molar-refractivity contribution in [3.05, 3.63) is 62.9 Å². The number of anilines is 1. The fourth-order valence-electron chi connectivity index (χ4n) is 6.28. The van der Waals surface area contributed by atoms with E-state index in [4.69, 9.17) is 22.1 Å². The lowest BCUT2D eigenvalue weighted by molar-refractivity contribution is -0.141. The predicted molar refractivity (Wildman–Crippen MR) is 192 cm³/mol. The smallest absolute Gasteiger partial charge is 0.432 e. The minimum Gasteiger partial charge on any atom is -0.471 e. The minimum absolute atomic E-state index is 0.00906. The van der Waals surface area contributed by atoms with Gasteiger partial charge in [-0.05, 0) is 47.4 Å². The summed E-state index contributed by atoms with van der Waals surface area (Å²) < 4.78 is 98.2. The lowest BCUT2D eigenvalue weighted by Gasteiger charge is -2.29. The number of nitrogens with two attached hydrogens (primary N) is 1. The number of hydrogen-bond donors (Lipinski definition) is 4. The third-order valence-electron chi connectivity index (χ3n) is 8.81. The molecule has 3 aromatic rings. The van der Waals surface area contributed by atoms with Crippen LogP contribution in [0, 0.1) is 5.92 Å². The van der Waals surface area contributed by atoms with Gasteiger partial charge in [-0.25, -0.2) is 8.78 Å². The fraction of sp³-hybridized carbons (Fsp3) is 0.528. The zero-order valence-electron chi connectivity index (χ0n) is 30.7. The number of guanidine groups is 1. The molecular formula is C36H44ClF8N7O3. The Bertz CT molecular complexity index is 1790. The van der Waals surface area contributed by atoms with E-state index in [2.05, 4.69) is 32.6 Å². The molecule has 1 aliphatic heterocycles. The van der Waals surface area contributed by atoms with E-state index in [1.165, 1.54) is 57.9 Å². The standard InChI is InChI=1S/C26H25ClF5N7O3.C9H18.CHF3/c1-11(40)14-6-13-8-25(2,3)15-5-4-12(9-34-22(41)16-7-17(39-38-16)26(30,31)32)19(27)20(15)35-24(33)37-21(13)36-23(14)42-10-18(28)29;1-2-6-9-7-4-3-5-8-9;2-1(3)4/h4-7,18H,8-10H2,1-3H3,(H,34,41)(H,38,39)(H3,33,35,36,37);9H,2-8H2,1H3;1H. The number of fused-ring (bicyclic) bond motifs is 2. The summed E-state index contributed by atoms with van der Waals surface area (Å²) in [5.74, 6) is -0.620. The molecule has 19 heteroatoms. The molecule has 0 atom stereocenters. The van der Waals surface area contributed by atoms with Crippen LogP contribution in [-0.2, 0) is 24.6 Å². The number of aliphatic imine (C=N–C) groups is 1. The summed E-state index contributed by atoms with van der Waals surface area (Å²) in [7, 11) is 0. The van der Waals surface area contributed by atoms with Gasteiger partial charge >= 0.3 is 12.9 Å². The molecule has 304 valence electrons. The van der Waals surface area contributed by atoms with Crippen molar-refractivity contribution in [3.63, 3.8) is 0 Å². The lowest BCUT2D eigenvalue weighted by atomic mass is 9.77. The van der Waals surface area contributed by atoms with Crippen molar-refractivity contribution in [2.45, 2.75) is 110 Å². The molecule has 0 saturated heterocycles. The Labute approximate surface area is 318 Å². The number of aromatic amines is 1. The maximum Gasteiger partial charge on any atom is 0.432 e. The quantitative estimate of drug-likeness (QED) is 0.124. The van der Waals surface area contributed by atoms with Crippen LogP contribution in [0.2, 0.25) is 5.02 Å². The van der Waals surface area contributed by atoms with Gasteiger partial charge in [0.25, 0.3) is 12.3 Å². The van der Waals surface area contributed by atoms with E-state index in [1.807, 2.05) is 13.8 Å². The summed E-state index contributed by atoms with van der Waals surface area (Å²) in [6.07, 6.45) is 3.22. The van der Waals surface area contributed by atoms with E-state index < -0.39 is 54.4 Å². The molecule has 1 aromatic carbocycles. The summed E-state index contributed by atoms with van der Waals surface area (Å²) in [5, 5.41) is 10.7. The number of benzene rings is 1. The number of ketones is 1. The molecule has 3 heterocycles. The first-order valence-corrected chi connectivity index (χ1v) is 17.8. The molecule has 10 nitrogen and oxygen atoms in total. The number of Topliss-reactive ketones (excluding diaryl/α,β-unsaturated/α-hetero) is 1. The van der Waals surface area contributed by atoms with Crippen molar-refractivity contribution in [1.82, 2.24) is 20.5 Å². The summed E-state index contributed by atoms with van der Waals surface area (Å²) >= 11 is 6.72. The lowest BCUT2D eigenvalue weighted by Crippen LogP contribution is -2.27. The largest absolute Gasteiger partial charge is 0.471 e. The Balaban J connectivity index is 0.000000530. The number of halogens is 9. The van der Waals surface area contributed by atoms with Gasteiger partial charge in [0.1, 0.15) is 5.69 Å². The van der Waals surface area contributed by atoms with Crippen LogP contribution < -0.4 is 21.1 Å². The molecule has 2 aliphatic rings. The number of amides is 1. The number of H-pyrrole nitrogens is 1. The summed E-state index contributed by atoms with van der Waals surface area (Å²) in [6.45, 7) is 2.54. The van der Waals surface area contributed by atoms with Crippen LogP contribution in [0.1, 0.15) is 116 Å². The highest BCUT2D eigenvalue weighted by atomic mass is 35.5. The maximum atomic E-state index is 12.8. The van der Waals surface area contributed by atoms with Gasteiger partial charge in [0.2, 0.25) is 5.88 Å². The molecule has 1 aliphatic carbocycles. The number of aromatic nitrogens is 3. The second kappa shape index (κ2) is 19.9. The number of carbonyl (C=O) groups excluding carboxylic acids is 2. The van der Waals surface area contributed by atoms with Crippen molar-refractivity contribution >= 4 is 40.8 Å². The van der Waals surface area contributed by atoms with Gasteiger partial charge in [-0.1, -0.05) is 89.5 Å². The third-order valence-corrected chi connectivity index (χ3v) is 9.24. The van der Waals surface area contributed by atoms with Gasteiger partial charge in [-0.15, -0.1) is 0 Å². The first kappa shape index (κ1) is 44.9. The van der Waals surface area contributed by atoms with Gasteiger partial charge in [0, 0.05) is 12.6 Å². The fourth-order valence-corrected chi connectivity index (χ4v) is 6.56. The molecule has 5 N–H and O–H groups in total. The van der Waals surface area contributed by atoms with Crippen LogP contribution in [0.25, 0.3) is 0 Å². The molecule has 0 unspecified atom stereocenters. The van der Waals surface area contributed by atoms with Crippen LogP contribution >= 0.6 is 11.6 Å². The predicted octanol–water partition coefficient (Wildman–Crippen LogP) is 9.69. The van der Waals surface area contributed by atoms with Crippen LogP contribution in [0.15, 0.2) is 29.3 Å². The minimum atomic E-state index is -4.69. The number of hydrogen-bond acceptors (Lipinski definition) is 8. The van der Waals surface area contributed by atoms with Crippen molar-refractivity contribution < 1.29 is 49.4 Å². The monoisotopic (exact) mass is 809 g/mol. The van der Waals surface area contributed by atoms with Crippen molar-refractivity contribution in [2.75, 3.05) is 11.9 Å². The SMILES string of the molecule is CC(=O)c1cc2c(nc1OCC(F)F)N=C(N)Nc1c(ccc(CNC(=O)c3cc(C(F)(F)F)[nH]n3)c1Cl)C(C)(C)C2.CCCC1CCCCC1.FC(F)F. The highest BCUT2D eigenvalue weighted by Gasteiger charge is 2.34. The van der Waals surface area contributed by atoms with Crippen LogP contribution in [0.4, 0.5) is 46.6 Å². The Morgan fingerprint density at radius 3 is 2.31 bits per heavy atom. The zero-order chi connectivity index (χ0) is 41.1. The van der Waals surface area contributed by atoms with Crippen LogP contribution in [0.3, 0.4) is 0 Å². The highest BCUT2D eigenvalue weighted by molar-refractivity contribution is 6.34. The van der Waals surface area contributed by atoms with Gasteiger partial charge in [0.15, 0.2) is 29.9 Å². The molecular weight excluding hydrogens is 766 g/mol. The zero-order valence-corrected chi connectivity index (χ0v) is 31.4. The molecule has 0 radical (unpaired) electrons. The van der Waals surface area contributed by atoms with Gasteiger partial charge < -0.3 is 21.1 Å². The van der Waals surface area contributed by atoms with Gasteiger partial charge in [-0.2, -0.15) is 41.4 Å². The second-order valence-corrected chi connectivity index (χ2v) is 14.0. The first-order valence-electron chi connectivity index (χ1n) is 17.4. The molecule has 5 rings (SSSR count). The highest BCUT2D eigenvalue weighted by Crippen LogP contribution is 2.42. The second-order valence-electron chi connectivity index (χ2n) is 13.6. The molecule has 1 fully saturated rings. The topological polar surface area (TPSA) is 147 Å². The number of alkyl halides is 8. The number of ether oxygens (including phenoxy) is 1. The Morgan fingerprint density at radius 2 is 1.75 bits per heavy atom. The van der Waals surface area contributed by atoms with E-state index in [1.54, 1.807) is 17.2 Å². The van der Waals surface area contributed by atoms with E-state index in [9.17, 15) is 44.7 Å². The molecule has 1 saturated carbocycles. The van der Waals surface area contributed by atoms with Crippen molar-refractivity contribution in [2.24, 2.45) is 16.6 Å². The Morgan fingerprint density at radius 1 is 1.09 bits per heavy atom. The molecule has 55 heavy (non-hydrogen) atoms. The molecule has 0 spiro atoms. The summed E-state index contributed by atoms with van der Waals surface area (Å²) in [6, 6.07) is 5.46. The van der Waals surface area contributed by atoms with Gasteiger partial charge in [-0.3, -0.25) is 14.7 Å². The summed E-state index contributed by atoms with van der Waals surface area (Å²) in [4.78, 5) is 33.2. The number of pyridine rings is 1. The Kier molecular flexibility index (Phi) is 16.3. The average Bonchev–Trinajstić information content (AvgIpc) is 3.61. The van der Waals surface area contributed by atoms with Crippen molar-refractivity contribution in [3.8, 4) is 5.88 Å². The Hall–Kier alpha value is -4.48. The van der Waals surface area contributed by atoms with Gasteiger partial charge in [0.05, 0.1) is 16.3 Å². The van der Waals surface area contributed by atoms with E-state index in [0.717, 1.165) is 5.92 Å². The number of carbonyl (C=O) groups is 2. The average molecular weight is 810 g/mol. The molecule has 1 amide bonds. The van der Waals surface area contributed by atoms with E-state index in [0.29, 0.717) is 28.4 Å². The molecule has 0 bridgehead atoms. The first-order chi connectivity index (χ1) is 25.7. The maximum absolute atomic E-state index is 12.8. The third kappa shape index (κ3) is 13.4. The number of nitrogens with zero attached hydrogens (tertiary/aromatic N) is 3.